The van der Waals surface area contributed by atoms with E-state index in [1.165, 1.54) is 12.1 Å². The molecule has 2 aromatic carbocycles. The normalized spacial score (nSPS) is 15.6. The number of hydrogen-bond donors (Lipinski definition) is 1. The number of esters is 1. The first-order chi connectivity index (χ1) is 14.6. The summed E-state index contributed by atoms with van der Waals surface area (Å²) in [6, 6.07) is 14.9. The number of benzene rings is 2. The zero-order valence-corrected chi connectivity index (χ0v) is 17.6. The zero-order chi connectivity index (χ0) is 20.9. The predicted octanol–water partition coefficient (Wildman–Crippen LogP) is 4.93. The maximum absolute atomic E-state index is 13.1. The number of fused-ring (bicyclic) bond motifs is 1. The van der Waals surface area contributed by atoms with Crippen LogP contribution in [0.25, 0.3) is 11.1 Å². The Kier molecular flexibility index (Phi) is 6.50. The molecule has 1 aliphatic carbocycles. The van der Waals surface area contributed by atoms with Crippen molar-refractivity contribution in [3.8, 4) is 11.1 Å². The van der Waals surface area contributed by atoms with E-state index in [4.69, 9.17) is 4.74 Å². The van der Waals surface area contributed by atoms with Gasteiger partial charge in [0.25, 0.3) is 0 Å². The number of ether oxygens (including phenoxy) is 1. The molecule has 0 saturated carbocycles. The molecule has 0 aliphatic heterocycles. The minimum absolute atomic E-state index is 0.161. The van der Waals surface area contributed by atoms with Crippen LogP contribution in [0.15, 0.2) is 59.6 Å². The molecule has 156 valence electrons. The van der Waals surface area contributed by atoms with Gasteiger partial charge in [-0.25, -0.2) is 4.39 Å². The van der Waals surface area contributed by atoms with Gasteiger partial charge in [0.1, 0.15) is 12.4 Å². The van der Waals surface area contributed by atoms with Crippen molar-refractivity contribution in [1.29, 1.82) is 0 Å². The fraction of sp³-hybridized carbons (Fsp3) is 0.304. The highest BCUT2D eigenvalue weighted by molar-refractivity contribution is 7.97. The third kappa shape index (κ3) is 4.74. The highest BCUT2D eigenvalue weighted by Crippen LogP contribution is 2.33. The molecule has 5 nitrogen and oxygen atoms in total. The van der Waals surface area contributed by atoms with Crippen molar-refractivity contribution in [2.24, 2.45) is 0 Å². The Labute approximate surface area is 179 Å². The Morgan fingerprint density at radius 2 is 1.90 bits per heavy atom. The third-order valence-corrected chi connectivity index (χ3v) is 6.11. The molecule has 1 heterocycles. The van der Waals surface area contributed by atoms with Gasteiger partial charge in [-0.1, -0.05) is 24.3 Å². The molecular formula is C23H24FN3O2S. The fourth-order valence-electron chi connectivity index (χ4n) is 3.70. The standard InChI is InChI=1S/C23H24FN3O2S/c1-2-29-23(28)15-27-22-5-3-4-21(20(22)14-25-27)26-30-19-12-8-17(9-13-19)16-6-10-18(24)11-7-16/h6-14,21,26H,2-5,15H2,1H3. The molecule has 4 rings (SSSR count). The minimum atomic E-state index is -0.255. The summed E-state index contributed by atoms with van der Waals surface area (Å²) < 4.78 is 23.5. The quantitative estimate of drug-likeness (QED) is 0.430. The lowest BCUT2D eigenvalue weighted by Gasteiger charge is -2.23. The Bertz CT molecular complexity index is 1000. The summed E-state index contributed by atoms with van der Waals surface area (Å²) >= 11 is 1.59. The van der Waals surface area contributed by atoms with Crippen LogP contribution in [-0.2, 0) is 22.5 Å². The van der Waals surface area contributed by atoms with E-state index in [0.717, 1.165) is 46.5 Å². The smallest absolute Gasteiger partial charge is 0.327 e. The molecule has 3 aromatic rings. The lowest BCUT2D eigenvalue weighted by atomic mass is 9.94. The number of nitrogens with one attached hydrogen (secondary N) is 1. The molecule has 1 atom stereocenters. The molecule has 0 fully saturated rings. The van der Waals surface area contributed by atoms with Crippen molar-refractivity contribution in [2.45, 2.75) is 43.7 Å². The van der Waals surface area contributed by atoms with Crippen LogP contribution < -0.4 is 4.72 Å². The predicted molar refractivity (Wildman–Crippen MR) is 115 cm³/mol. The summed E-state index contributed by atoms with van der Waals surface area (Å²) in [4.78, 5) is 12.9. The molecule has 7 heteroatoms. The van der Waals surface area contributed by atoms with E-state index in [1.54, 1.807) is 35.7 Å². The van der Waals surface area contributed by atoms with Gasteiger partial charge in [-0.15, -0.1) is 0 Å². The number of nitrogens with zero attached hydrogens (tertiary/aromatic N) is 2. The van der Waals surface area contributed by atoms with E-state index in [9.17, 15) is 9.18 Å². The van der Waals surface area contributed by atoms with Gasteiger partial charge in [-0.2, -0.15) is 5.10 Å². The van der Waals surface area contributed by atoms with E-state index in [1.807, 2.05) is 18.3 Å². The second-order valence-electron chi connectivity index (χ2n) is 7.21. The van der Waals surface area contributed by atoms with E-state index < -0.39 is 0 Å². The molecule has 0 amide bonds. The number of rotatable bonds is 7. The molecule has 1 N–H and O–H groups in total. The van der Waals surface area contributed by atoms with Crippen molar-refractivity contribution in [3.63, 3.8) is 0 Å². The zero-order valence-electron chi connectivity index (χ0n) is 16.8. The maximum atomic E-state index is 13.1. The lowest BCUT2D eigenvalue weighted by molar-refractivity contribution is -0.144. The monoisotopic (exact) mass is 425 g/mol. The van der Waals surface area contributed by atoms with Gasteiger partial charge in [0.05, 0.1) is 12.8 Å². The van der Waals surface area contributed by atoms with Crippen molar-refractivity contribution < 1.29 is 13.9 Å². The number of carbonyl (C=O) groups is 1. The Morgan fingerprint density at radius 1 is 1.20 bits per heavy atom. The van der Waals surface area contributed by atoms with Crippen LogP contribution >= 0.6 is 11.9 Å². The summed E-state index contributed by atoms with van der Waals surface area (Å²) in [6.45, 7) is 2.34. The summed E-state index contributed by atoms with van der Waals surface area (Å²) in [5.74, 6) is -0.485. The second kappa shape index (κ2) is 9.45. The largest absolute Gasteiger partial charge is 0.465 e. The molecule has 1 aromatic heterocycles. The van der Waals surface area contributed by atoms with E-state index in [2.05, 4.69) is 22.0 Å². The van der Waals surface area contributed by atoms with E-state index in [0.29, 0.717) is 6.61 Å². The molecule has 1 unspecified atom stereocenters. The number of hydrogen-bond acceptors (Lipinski definition) is 5. The SMILES string of the molecule is CCOC(=O)Cn1ncc2c1CCCC2NSc1ccc(-c2ccc(F)cc2)cc1. The van der Waals surface area contributed by atoms with Crippen LogP contribution in [0.5, 0.6) is 0 Å². The molecular weight excluding hydrogens is 401 g/mol. The van der Waals surface area contributed by atoms with Crippen LogP contribution in [0.2, 0.25) is 0 Å². The number of aromatic nitrogens is 2. The highest BCUT2D eigenvalue weighted by atomic mass is 32.2. The third-order valence-electron chi connectivity index (χ3n) is 5.20. The fourth-order valence-corrected chi connectivity index (χ4v) is 4.50. The van der Waals surface area contributed by atoms with Gasteiger partial charge in [-0.05, 0) is 73.5 Å². The van der Waals surface area contributed by atoms with Gasteiger partial charge < -0.3 is 4.74 Å². The van der Waals surface area contributed by atoms with Gasteiger partial charge in [0.15, 0.2) is 0 Å². The number of carbonyl (C=O) groups excluding carboxylic acids is 1. The highest BCUT2D eigenvalue weighted by Gasteiger charge is 2.25. The first-order valence-electron chi connectivity index (χ1n) is 10.1. The Hall–Kier alpha value is -2.64. The minimum Gasteiger partial charge on any atom is -0.465 e. The molecule has 0 spiro atoms. The van der Waals surface area contributed by atoms with Crippen molar-refractivity contribution in [2.75, 3.05) is 6.61 Å². The van der Waals surface area contributed by atoms with Crippen LogP contribution in [0.4, 0.5) is 4.39 Å². The first kappa shape index (κ1) is 20.6. The van der Waals surface area contributed by atoms with Crippen LogP contribution in [0.1, 0.15) is 37.1 Å². The summed E-state index contributed by atoms with van der Waals surface area (Å²) in [5.41, 5.74) is 4.31. The van der Waals surface area contributed by atoms with Gasteiger partial charge >= 0.3 is 5.97 Å². The molecule has 30 heavy (non-hydrogen) atoms. The number of halogens is 1. The average molecular weight is 426 g/mol. The molecule has 0 radical (unpaired) electrons. The summed E-state index contributed by atoms with van der Waals surface area (Å²) in [5, 5.41) is 4.42. The van der Waals surface area contributed by atoms with Gasteiger partial charge in [0, 0.05) is 22.2 Å². The Balaban J connectivity index is 1.40. The van der Waals surface area contributed by atoms with Crippen molar-refractivity contribution in [3.05, 3.63) is 71.8 Å². The molecule has 0 bridgehead atoms. The average Bonchev–Trinajstić information content (AvgIpc) is 3.17. The van der Waals surface area contributed by atoms with E-state index in [-0.39, 0.29) is 24.4 Å². The summed E-state index contributed by atoms with van der Waals surface area (Å²) in [6.07, 6.45) is 4.86. The van der Waals surface area contributed by atoms with Gasteiger partial charge in [-0.3, -0.25) is 14.2 Å². The van der Waals surface area contributed by atoms with Crippen LogP contribution in [0.3, 0.4) is 0 Å². The second-order valence-corrected chi connectivity index (χ2v) is 8.12. The lowest BCUT2D eigenvalue weighted by Crippen LogP contribution is -2.22. The van der Waals surface area contributed by atoms with Crippen molar-refractivity contribution >= 4 is 17.9 Å². The topological polar surface area (TPSA) is 56.2 Å². The maximum Gasteiger partial charge on any atom is 0.327 e. The molecule has 1 aliphatic rings. The van der Waals surface area contributed by atoms with Crippen molar-refractivity contribution in [1.82, 2.24) is 14.5 Å². The Morgan fingerprint density at radius 3 is 2.60 bits per heavy atom. The van der Waals surface area contributed by atoms with E-state index >= 15 is 0 Å². The van der Waals surface area contributed by atoms with Crippen LogP contribution in [-0.4, -0.2) is 22.4 Å². The van der Waals surface area contributed by atoms with Gasteiger partial charge in [0.2, 0.25) is 0 Å². The summed E-state index contributed by atoms with van der Waals surface area (Å²) in [7, 11) is 0. The first-order valence-corrected chi connectivity index (χ1v) is 10.9. The van der Waals surface area contributed by atoms with Crippen LogP contribution in [0, 0.1) is 5.82 Å². The molecule has 0 saturated heterocycles.